The van der Waals surface area contributed by atoms with E-state index in [-0.39, 0.29) is 5.82 Å². The smallest absolute Gasteiger partial charge is 0.312 e. The SMILES string of the molecule is Cc1cccc(CNC(=O)C(=O)N2CCN(c3ccccc3F)CC2)c1. The molecule has 5 nitrogen and oxygen atoms in total. The van der Waals surface area contributed by atoms with Crippen LogP contribution in [0, 0.1) is 12.7 Å². The summed E-state index contributed by atoms with van der Waals surface area (Å²) in [6.45, 7) is 4.08. The molecule has 0 unspecified atom stereocenters. The highest BCUT2D eigenvalue weighted by atomic mass is 19.1. The van der Waals surface area contributed by atoms with Crippen LogP contribution in [0.15, 0.2) is 48.5 Å². The fourth-order valence-electron chi connectivity index (χ4n) is 3.08. The van der Waals surface area contributed by atoms with Crippen LogP contribution in [-0.4, -0.2) is 42.9 Å². The first-order valence-corrected chi connectivity index (χ1v) is 8.67. The first kappa shape index (κ1) is 17.9. The van der Waals surface area contributed by atoms with Crippen LogP contribution in [0.3, 0.4) is 0 Å². The first-order chi connectivity index (χ1) is 12.5. The summed E-state index contributed by atoms with van der Waals surface area (Å²) in [5.74, 6) is -1.42. The number of para-hydroxylation sites is 1. The Morgan fingerprint density at radius 3 is 2.46 bits per heavy atom. The van der Waals surface area contributed by atoms with Crippen LogP contribution in [-0.2, 0) is 16.1 Å². The second-order valence-electron chi connectivity index (χ2n) is 6.40. The maximum absolute atomic E-state index is 13.9. The molecule has 26 heavy (non-hydrogen) atoms. The fourth-order valence-corrected chi connectivity index (χ4v) is 3.08. The van der Waals surface area contributed by atoms with Gasteiger partial charge >= 0.3 is 11.8 Å². The number of nitrogens with zero attached hydrogens (tertiary/aromatic N) is 2. The van der Waals surface area contributed by atoms with E-state index in [9.17, 15) is 14.0 Å². The number of hydrogen-bond donors (Lipinski definition) is 1. The number of aryl methyl sites for hydroxylation is 1. The molecule has 0 radical (unpaired) electrons. The molecule has 1 aliphatic rings. The molecule has 2 aromatic rings. The summed E-state index contributed by atoms with van der Waals surface area (Å²) in [6.07, 6.45) is 0. The molecule has 0 spiro atoms. The van der Waals surface area contributed by atoms with Gasteiger partial charge in [0.25, 0.3) is 0 Å². The zero-order valence-electron chi connectivity index (χ0n) is 14.7. The van der Waals surface area contributed by atoms with Gasteiger partial charge in [0.1, 0.15) is 5.82 Å². The summed E-state index contributed by atoms with van der Waals surface area (Å²) >= 11 is 0. The quantitative estimate of drug-likeness (QED) is 0.858. The van der Waals surface area contributed by atoms with Crippen molar-refractivity contribution in [1.82, 2.24) is 10.2 Å². The van der Waals surface area contributed by atoms with Crippen LogP contribution < -0.4 is 10.2 Å². The van der Waals surface area contributed by atoms with Gasteiger partial charge in [0, 0.05) is 32.7 Å². The number of benzene rings is 2. The van der Waals surface area contributed by atoms with E-state index in [4.69, 9.17) is 0 Å². The lowest BCUT2D eigenvalue weighted by Crippen LogP contribution is -2.52. The van der Waals surface area contributed by atoms with Gasteiger partial charge in [-0.15, -0.1) is 0 Å². The third-order valence-electron chi connectivity index (χ3n) is 4.49. The van der Waals surface area contributed by atoms with Crippen molar-refractivity contribution in [3.8, 4) is 0 Å². The molecular formula is C20H22FN3O2. The van der Waals surface area contributed by atoms with Crippen LogP contribution in [0.2, 0.25) is 0 Å². The second kappa shape index (κ2) is 7.99. The molecule has 0 aromatic heterocycles. The van der Waals surface area contributed by atoms with E-state index in [2.05, 4.69) is 5.32 Å². The number of hydrogen-bond acceptors (Lipinski definition) is 3. The molecule has 136 valence electrons. The molecule has 2 amide bonds. The van der Waals surface area contributed by atoms with Gasteiger partial charge in [0.05, 0.1) is 5.69 Å². The van der Waals surface area contributed by atoms with Gasteiger partial charge in [-0.3, -0.25) is 9.59 Å². The summed E-state index contributed by atoms with van der Waals surface area (Å²) in [6, 6.07) is 14.4. The molecule has 0 aliphatic carbocycles. The maximum Gasteiger partial charge on any atom is 0.312 e. The van der Waals surface area contributed by atoms with Crippen molar-refractivity contribution < 1.29 is 14.0 Å². The van der Waals surface area contributed by atoms with Crippen LogP contribution in [0.25, 0.3) is 0 Å². The van der Waals surface area contributed by atoms with Crippen molar-refractivity contribution >= 4 is 17.5 Å². The van der Waals surface area contributed by atoms with E-state index in [0.29, 0.717) is 38.4 Å². The molecule has 0 bridgehead atoms. The highest BCUT2D eigenvalue weighted by molar-refractivity contribution is 6.35. The molecule has 1 saturated heterocycles. The minimum atomic E-state index is -0.606. The molecule has 3 rings (SSSR count). The summed E-state index contributed by atoms with van der Waals surface area (Å²) < 4.78 is 13.9. The van der Waals surface area contributed by atoms with Crippen molar-refractivity contribution in [2.75, 3.05) is 31.1 Å². The molecule has 1 heterocycles. The number of anilines is 1. The summed E-state index contributed by atoms with van der Waals surface area (Å²) in [5, 5.41) is 2.67. The average Bonchev–Trinajstić information content (AvgIpc) is 2.66. The van der Waals surface area contributed by atoms with Gasteiger partial charge in [-0.05, 0) is 24.6 Å². The normalized spacial score (nSPS) is 14.2. The lowest BCUT2D eigenvalue weighted by Gasteiger charge is -2.35. The Morgan fingerprint density at radius 1 is 1.04 bits per heavy atom. The lowest BCUT2D eigenvalue weighted by atomic mass is 10.1. The molecular weight excluding hydrogens is 333 g/mol. The molecule has 1 N–H and O–H groups in total. The van der Waals surface area contributed by atoms with E-state index >= 15 is 0 Å². The van der Waals surface area contributed by atoms with Gasteiger partial charge in [-0.2, -0.15) is 0 Å². The topological polar surface area (TPSA) is 52.7 Å². The second-order valence-corrected chi connectivity index (χ2v) is 6.40. The molecule has 1 aliphatic heterocycles. The highest BCUT2D eigenvalue weighted by Crippen LogP contribution is 2.20. The average molecular weight is 355 g/mol. The Balaban J connectivity index is 1.51. The van der Waals surface area contributed by atoms with Crippen LogP contribution in [0.4, 0.5) is 10.1 Å². The molecule has 0 saturated carbocycles. The van der Waals surface area contributed by atoms with Crippen molar-refractivity contribution in [2.45, 2.75) is 13.5 Å². The van der Waals surface area contributed by atoms with Crippen molar-refractivity contribution in [2.24, 2.45) is 0 Å². The third-order valence-corrected chi connectivity index (χ3v) is 4.49. The number of amides is 2. The van der Waals surface area contributed by atoms with Crippen molar-refractivity contribution in [1.29, 1.82) is 0 Å². The Hall–Kier alpha value is -2.89. The lowest BCUT2D eigenvalue weighted by molar-refractivity contribution is -0.146. The molecule has 1 fully saturated rings. The monoisotopic (exact) mass is 355 g/mol. The van der Waals surface area contributed by atoms with E-state index in [1.165, 1.54) is 11.0 Å². The largest absolute Gasteiger partial charge is 0.366 e. The summed E-state index contributed by atoms with van der Waals surface area (Å²) in [7, 11) is 0. The Bertz CT molecular complexity index is 801. The van der Waals surface area contributed by atoms with Crippen molar-refractivity contribution in [3.63, 3.8) is 0 Å². The number of nitrogens with one attached hydrogen (secondary N) is 1. The third kappa shape index (κ3) is 4.20. The van der Waals surface area contributed by atoms with E-state index in [0.717, 1.165) is 11.1 Å². The minimum Gasteiger partial charge on any atom is -0.366 e. The van der Waals surface area contributed by atoms with E-state index < -0.39 is 11.8 Å². The van der Waals surface area contributed by atoms with E-state index in [1.807, 2.05) is 36.1 Å². The first-order valence-electron chi connectivity index (χ1n) is 8.67. The maximum atomic E-state index is 13.9. The minimum absolute atomic E-state index is 0.275. The fraction of sp³-hybridized carbons (Fsp3) is 0.300. The predicted molar refractivity (Wildman–Crippen MR) is 98.2 cm³/mol. The molecule has 0 atom stereocenters. The van der Waals surface area contributed by atoms with Crippen LogP contribution in [0.1, 0.15) is 11.1 Å². The number of piperazine rings is 1. The number of rotatable bonds is 3. The van der Waals surface area contributed by atoms with Gasteiger partial charge in [0.2, 0.25) is 0 Å². The Labute approximate surface area is 152 Å². The van der Waals surface area contributed by atoms with Crippen LogP contribution in [0.5, 0.6) is 0 Å². The number of halogens is 1. The Morgan fingerprint density at radius 2 is 1.77 bits per heavy atom. The number of carbonyl (C=O) groups excluding carboxylic acids is 2. The van der Waals surface area contributed by atoms with E-state index in [1.54, 1.807) is 18.2 Å². The zero-order valence-corrected chi connectivity index (χ0v) is 14.7. The van der Waals surface area contributed by atoms with Gasteiger partial charge in [-0.25, -0.2) is 4.39 Å². The number of carbonyl (C=O) groups is 2. The Kier molecular flexibility index (Phi) is 5.51. The predicted octanol–water partition coefficient (Wildman–Crippen LogP) is 2.10. The molecule has 2 aromatic carbocycles. The standard InChI is InChI=1S/C20H22FN3O2/c1-15-5-4-6-16(13-15)14-22-19(25)20(26)24-11-9-23(10-12-24)18-8-3-2-7-17(18)21/h2-8,13H,9-12,14H2,1H3,(H,22,25). The summed E-state index contributed by atoms with van der Waals surface area (Å²) in [4.78, 5) is 27.9. The van der Waals surface area contributed by atoms with Gasteiger partial charge < -0.3 is 15.1 Å². The van der Waals surface area contributed by atoms with Crippen LogP contribution >= 0.6 is 0 Å². The zero-order chi connectivity index (χ0) is 18.5. The van der Waals surface area contributed by atoms with Gasteiger partial charge in [-0.1, -0.05) is 42.0 Å². The molecule has 6 heteroatoms. The van der Waals surface area contributed by atoms with Gasteiger partial charge in [0.15, 0.2) is 0 Å². The van der Waals surface area contributed by atoms with Crippen molar-refractivity contribution in [3.05, 3.63) is 65.5 Å². The highest BCUT2D eigenvalue weighted by Gasteiger charge is 2.26. The summed E-state index contributed by atoms with van der Waals surface area (Å²) in [5.41, 5.74) is 2.59.